The van der Waals surface area contributed by atoms with Crippen LogP contribution in [-0.4, -0.2) is 50.2 Å². The van der Waals surface area contributed by atoms with Crippen molar-refractivity contribution in [2.45, 2.75) is 51.6 Å². The Labute approximate surface area is 174 Å². The zero-order valence-electron chi connectivity index (χ0n) is 16.6. The van der Waals surface area contributed by atoms with Gasteiger partial charge in [-0.25, -0.2) is 23.7 Å². The highest BCUT2D eigenvalue weighted by Crippen LogP contribution is 2.43. The predicted octanol–water partition coefficient (Wildman–Crippen LogP) is 3.11. The lowest BCUT2D eigenvalue weighted by atomic mass is 9.64. The topological polar surface area (TPSA) is 105 Å². The average Bonchev–Trinajstić information content (AvgIpc) is 2.70. The monoisotopic (exact) mass is 448 g/mol. The van der Waals surface area contributed by atoms with Crippen molar-refractivity contribution in [1.82, 2.24) is 19.9 Å². The molecule has 1 fully saturated rings. The number of hydrogen-bond donors (Lipinski definition) is 3. The molecule has 3 rings (SSSR count). The SMILES string of the molecule is CC1(C)[C@@H](O)C[C@H]1Nc1nc(NCc2cncnc2OCC(F)F)ncc1C(F)(F)F. The molecule has 13 heteroatoms. The summed E-state index contributed by atoms with van der Waals surface area (Å²) in [7, 11) is 0. The van der Waals surface area contributed by atoms with Gasteiger partial charge in [-0.2, -0.15) is 18.2 Å². The number of nitrogens with one attached hydrogen (secondary N) is 2. The Kier molecular flexibility index (Phi) is 6.43. The van der Waals surface area contributed by atoms with E-state index in [0.29, 0.717) is 11.8 Å². The van der Waals surface area contributed by atoms with Crippen molar-refractivity contribution in [2.24, 2.45) is 5.41 Å². The van der Waals surface area contributed by atoms with Gasteiger partial charge in [0.2, 0.25) is 11.8 Å². The Morgan fingerprint density at radius 3 is 2.61 bits per heavy atom. The van der Waals surface area contributed by atoms with Crippen LogP contribution in [0.15, 0.2) is 18.7 Å². The maximum atomic E-state index is 13.4. The van der Waals surface area contributed by atoms with Gasteiger partial charge in [-0.3, -0.25) is 0 Å². The number of aromatic nitrogens is 4. The Bertz CT molecular complexity index is 911. The van der Waals surface area contributed by atoms with E-state index in [1.165, 1.54) is 6.20 Å². The van der Waals surface area contributed by atoms with Crippen molar-refractivity contribution in [1.29, 1.82) is 0 Å². The summed E-state index contributed by atoms with van der Waals surface area (Å²) in [6, 6.07) is -0.414. The van der Waals surface area contributed by atoms with E-state index in [0.717, 1.165) is 6.33 Å². The van der Waals surface area contributed by atoms with Gasteiger partial charge < -0.3 is 20.5 Å². The zero-order valence-corrected chi connectivity index (χ0v) is 16.6. The molecule has 1 aliphatic carbocycles. The summed E-state index contributed by atoms with van der Waals surface area (Å²) in [6.07, 6.45) is -4.64. The third kappa shape index (κ3) is 5.27. The fourth-order valence-corrected chi connectivity index (χ4v) is 3.01. The number of hydrogen-bond acceptors (Lipinski definition) is 8. The number of anilines is 2. The van der Waals surface area contributed by atoms with E-state index in [1.54, 1.807) is 13.8 Å². The maximum absolute atomic E-state index is 13.4. The number of nitrogens with zero attached hydrogens (tertiary/aromatic N) is 4. The minimum atomic E-state index is -4.68. The van der Waals surface area contributed by atoms with Crippen LogP contribution in [0.3, 0.4) is 0 Å². The lowest BCUT2D eigenvalue weighted by molar-refractivity contribution is -0.137. The molecule has 1 saturated carbocycles. The molecule has 8 nitrogen and oxygen atoms in total. The molecule has 2 aromatic heterocycles. The van der Waals surface area contributed by atoms with Crippen LogP contribution in [0.2, 0.25) is 0 Å². The molecule has 170 valence electrons. The Morgan fingerprint density at radius 2 is 2.00 bits per heavy atom. The standard InChI is InChI=1S/C18H21F5N6O2/c1-17(2)11(3-12(17)30)28-14-10(18(21,22)23)6-26-16(29-14)25-5-9-4-24-8-27-15(9)31-7-13(19)20/h4,6,8,11-13,30H,3,5,7H2,1-2H3,(H2,25,26,28,29)/t11-,12+/m1/s1. The maximum Gasteiger partial charge on any atom is 0.421 e. The molecule has 1 aliphatic rings. The number of ether oxygens (including phenoxy) is 1. The largest absolute Gasteiger partial charge is 0.471 e. The molecule has 0 amide bonds. The van der Waals surface area contributed by atoms with Gasteiger partial charge in [-0.1, -0.05) is 13.8 Å². The normalized spacial score (nSPS) is 20.3. The van der Waals surface area contributed by atoms with Gasteiger partial charge in [0.05, 0.1) is 11.7 Å². The molecule has 0 saturated heterocycles. The van der Waals surface area contributed by atoms with E-state index < -0.39 is 48.2 Å². The molecule has 0 aliphatic heterocycles. The van der Waals surface area contributed by atoms with Crippen LogP contribution < -0.4 is 15.4 Å². The van der Waals surface area contributed by atoms with Crippen molar-refractivity contribution >= 4 is 11.8 Å². The first-order chi connectivity index (χ1) is 14.5. The summed E-state index contributed by atoms with van der Waals surface area (Å²) < 4.78 is 69.8. The zero-order chi connectivity index (χ0) is 22.8. The van der Waals surface area contributed by atoms with E-state index in [1.807, 2.05) is 0 Å². The van der Waals surface area contributed by atoms with Crippen LogP contribution in [0.5, 0.6) is 5.88 Å². The van der Waals surface area contributed by atoms with Gasteiger partial charge >= 0.3 is 6.18 Å². The highest BCUT2D eigenvalue weighted by molar-refractivity contribution is 5.50. The molecule has 0 aromatic carbocycles. The van der Waals surface area contributed by atoms with E-state index in [4.69, 9.17) is 4.74 Å². The second kappa shape index (κ2) is 8.73. The first-order valence-electron chi connectivity index (χ1n) is 9.31. The molecule has 2 atom stereocenters. The van der Waals surface area contributed by atoms with Crippen molar-refractivity contribution < 1.29 is 31.8 Å². The van der Waals surface area contributed by atoms with Gasteiger partial charge in [0, 0.05) is 30.4 Å². The summed E-state index contributed by atoms with van der Waals surface area (Å²) in [4.78, 5) is 15.2. The van der Waals surface area contributed by atoms with Crippen molar-refractivity contribution in [2.75, 3.05) is 17.2 Å². The Morgan fingerprint density at radius 1 is 1.26 bits per heavy atom. The van der Waals surface area contributed by atoms with E-state index in [9.17, 15) is 27.1 Å². The first kappa shape index (κ1) is 22.8. The van der Waals surface area contributed by atoms with Gasteiger partial charge in [-0.05, 0) is 6.42 Å². The number of rotatable bonds is 8. The summed E-state index contributed by atoms with van der Waals surface area (Å²) in [5.74, 6) is -0.636. The molecule has 0 unspecified atom stereocenters. The molecular formula is C18H21F5N6O2. The molecule has 2 heterocycles. The van der Waals surface area contributed by atoms with Gasteiger partial charge in [0.25, 0.3) is 6.43 Å². The van der Waals surface area contributed by atoms with Gasteiger partial charge in [0.1, 0.15) is 17.7 Å². The number of alkyl halides is 5. The highest BCUT2D eigenvalue weighted by Gasteiger charge is 2.48. The molecule has 31 heavy (non-hydrogen) atoms. The summed E-state index contributed by atoms with van der Waals surface area (Å²) >= 11 is 0. The summed E-state index contributed by atoms with van der Waals surface area (Å²) in [6.45, 7) is 2.54. The second-order valence-corrected chi connectivity index (χ2v) is 7.63. The van der Waals surface area contributed by atoms with Crippen molar-refractivity contribution in [3.8, 4) is 5.88 Å². The van der Waals surface area contributed by atoms with E-state index in [-0.39, 0.29) is 24.8 Å². The van der Waals surface area contributed by atoms with Crippen LogP contribution in [-0.2, 0) is 12.7 Å². The number of aliphatic hydroxyl groups is 1. The Balaban J connectivity index is 1.77. The summed E-state index contributed by atoms with van der Waals surface area (Å²) in [5, 5.41) is 15.3. The van der Waals surface area contributed by atoms with Gasteiger partial charge in [0.15, 0.2) is 6.61 Å². The highest BCUT2D eigenvalue weighted by atomic mass is 19.4. The average molecular weight is 448 g/mol. The van der Waals surface area contributed by atoms with Crippen LogP contribution in [0, 0.1) is 5.41 Å². The van der Waals surface area contributed by atoms with E-state index in [2.05, 4.69) is 30.6 Å². The molecule has 0 radical (unpaired) electrons. The van der Waals surface area contributed by atoms with Crippen LogP contribution >= 0.6 is 0 Å². The van der Waals surface area contributed by atoms with Crippen LogP contribution in [0.1, 0.15) is 31.4 Å². The minimum absolute atomic E-state index is 0.0716. The summed E-state index contributed by atoms with van der Waals surface area (Å²) in [5.41, 5.74) is -1.37. The first-order valence-corrected chi connectivity index (χ1v) is 9.31. The van der Waals surface area contributed by atoms with Crippen LogP contribution in [0.4, 0.5) is 33.7 Å². The smallest absolute Gasteiger partial charge is 0.421 e. The third-order valence-corrected chi connectivity index (χ3v) is 5.15. The quantitative estimate of drug-likeness (QED) is 0.529. The van der Waals surface area contributed by atoms with Crippen molar-refractivity contribution in [3.05, 3.63) is 29.8 Å². The van der Waals surface area contributed by atoms with E-state index >= 15 is 0 Å². The fourth-order valence-electron chi connectivity index (χ4n) is 3.01. The van der Waals surface area contributed by atoms with Crippen molar-refractivity contribution in [3.63, 3.8) is 0 Å². The molecular weight excluding hydrogens is 427 g/mol. The molecule has 0 bridgehead atoms. The lowest BCUT2D eigenvalue weighted by Crippen LogP contribution is -2.57. The van der Waals surface area contributed by atoms with Crippen LogP contribution in [0.25, 0.3) is 0 Å². The molecule has 0 spiro atoms. The molecule has 3 N–H and O–H groups in total. The second-order valence-electron chi connectivity index (χ2n) is 7.63. The third-order valence-electron chi connectivity index (χ3n) is 5.15. The van der Waals surface area contributed by atoms with Gasteiger partial charge in [-0.15, -0.1) is 0 Å². The number of aliphatic hydroxyl groups excluding tert-OH is 1. The predicted molar refractivity (Wildman–Crippen MR) is 99.7 cm³/mol. The lowest BCUT2D eigenvalue weighted by Gasteiger charge is -2.49. The Hall–Kier alpha value is -2.83. The molecule has 2 aromatic rings. The number of halogens is 5. The fraction of sp³-hybridized carbons (Fsp3) is 0.556. The minimum Gasteiger partial charge on any atom is -0.471 e.